The Balaban J connectivity index is 1.64. The van der Waals surface area contributed by atoms with Crippen LogP contribution in [0.5, 0.6) is 0 Å². The molecule has 34 heavy (non-hydrogen) atoms. The van der Waals surface area contributed by atoms with Gasteiger partial charge in [0.15, 0.2) is 0 Å². The van der Waals surface area contributed by atoms with Crippen molar-refractivity contribution in [3.63, 3.8) is 0 Å². The van der Waals surface area contributed by atoms with Crippen LogP contribution in [-0.4, -0.2) is 16.4 Å². The first-order valence-electron chi connectivity index (χ1n) is 12.9. The first kappa shape index (κ1) is 22.2. The van der Waals surface area contributed by atoms with E-state index < -0.39 is 14.8 Å². The SMILES string of the molecule is c1ccc([PH]2(c3ccccc3)C[PH](c3ccccc3)(c3ccccc3)N2C2CCCCC2)cc1. The van der Waals surface area contributed by atoms with Crippen molar-refractivity contribution >= 4 is 36.0 Å². The van der Waals surface area contributed by atoms with Crippen LogP contribution in [0.1, 0.15) is 32.1 Å². The van der Waals surface area contributed by atoms with Crippen LogP contribution in [0.15, 0.2) is 121 Å². The Bertz CT molecular complexity index is 1040. The van der Waals surface area contributed by atoms with Gasteiger partial charge in [-0.2, -0.15) is 0 Å². The molecular weight excluding hydrogens is 448 g/mol. The molecule has 0 unspecified atom stereocenters. The molecule has 1 saturated carbocycles. The summed E-state index contributed by atoms with van der Waals surface area (Å²) >= 11 is 0. The van der Waals surface area contributed by atoms with Gasteiger partial charge in [0.1, 0.15) is 0 Å². The van der Waals surface area contributed by atoms with E-state index >= 15 is 0 Å². The minimum absolute atomic E-state index is 0.668. The molecule has 4 aromatic carbocycles. The Hall–Kier alpha value is -2.30. The summed E-state index contributed by atoms with van der Waals surface area (Å²) in [5.41, 5.74) is 0. The quantitative estimate of drug-likeness (QED) is 0.305. The molecule has 0 spiro atoms. The maximum absolute atomic E-state index is 3.22. The van der Waals surface area contributed by atoms with Gasteiger partial charge in [-0.3, -0.25) is 0 Å². The second-order valence-corrected chi connectivity index (χ2v) is 18.6. The normalized spacial score (nSPS) is 21.8. The van der Waals surface area contributed by atoms with Crippen molar-refractivity contribution in [2.24, 2.45) is 0 Å². The van der Waals surface area contributed by atoms with Crippen LogP contribution in [0.2, 0.25) is 0 Å². The van der Waals surface area contributed by atoms with Gasteiger partial charge in [-0.15, -0.1) is 0 Å². The van der Waals surface area contributed by atoms with Crippen molar-refractivity contribution in [1.29, 1.82) is 0 Å². The van der Waals surface area contributed by atoms with Crippen molar-refractivity contribution in [1.82, 2.24) is 4.44 Å². The second kappa shape index (κ2) is 9.39. The van der Waals surface area contributed by atoms with Gasteiger partial charge in [0, 0.05) is 0 Å². The summed E-state index contributed by atoms with van der Waals surface area (Å²) in [5.74, 6) is 1.32. The molecule has 2 fully saturated rings. The predicted octanol–water partition coefficient (Wildman–Crippen LogP) is 6.22. The Morgan fingerprint density at radius 3 is 1.09 bits per heavy atom. The van der Waals surface area contributed by atoms with E-state index in [4.69, 9.17) is 0 Å². The number of hydrogen-bond acceptors (Lipinski definition) is 1. The van der Waals surface area contributed by atoms with Crippen LogP contribution in [0.3, 0.4) is 0 Å². The van der Waals surface area contributed by atoms with Crippen LogP contribution in [-0.2, 0) is 0 Å². The average molecular weight is 484 g/mol. The third-order valence-corrected chi connectivity index (χ3v) is 22.2. The van der Waals surface area contributed by atoms with Gasteiger partial charge < -0.3 is 0 Å². The zero-order chi connectivity index (χ0) is 22.8. The van der Waals surface area contributed by atoms with E-state index in [0.717, 1.165) is 0 Å². The van der Waals surface area contributed by atoms with Crippen molar-refractivity contribution in [3.8, 4) is 0 Å². The summed E-state index contributed by atoms with van der Waals surface area (Å²) in [6, 6.07) is 47.0. The van der Waals surface area contributed by atoms with Gasteiger partial charge in [-0.25, -0.2) is 0 Å². The molecule has 2 aliphatic rings. The fourth-order valence-electron chi connectivity index (χ4n) is 6.89. The molecule has 1 aliphatic heterocycles. The molecule has 1 heterocycles. The molecule has 4 aromatic rings. The minimum atomic E-state index is -2.12. The molecule has 0 atom stereocenters. The first-order chi connectivity index (χ1) is 16.9. The summed E-state index contributed by atoms with van der Waals surface area (Å²) < 4.78 is 3.22. The second-order valence-electron chi connectivity index (χ2n) is 10.0. The molecule has 0 aromatic heterocycles. The van der Waals surface area contributed by atoms with Gasteiger partial charge in [0.25, 0.3) is 0 Å². The van der Waals surface area contributed by atoms with E-state index in [1.807, 2.05) is 0 Å². The molecule has 1 saturated heterocycles. The number of rotatable bonds is 5. The van der Waals surface area contributed by atoms with Crippen molar-refractivity contribution < 1.29 is 0 Å². The Kier molecular flexibility index (Phi) is 6.13. The molecule has 0 N–H and O–H groups in total. The third kappa shape index (κ3) is 3.49. The third-order valence-electron chi connectivity index (χ3n) is 8.28. The number of nitrogens with zero attached hydrogens (tertiary/aromatic N) is 1. The Morgan fingerprint density at radius 2 is 0.765 bits per heavy atom. The standard InChI is InChI=1S/C31H35NP2/c1-6-16-27(17-7-1)32-33(28-18-8-2-9-19-28,29-20-10-3-11-21-29)26-34(32,30-22-12-4-13-23-30)31-24-14-5-15-25-31/h2-5,8-15,18-25,27,33-34H,1,6-7,16-17,26H2. The first-order valence-corrected chi connectivity index (χ1v) is 17.2. The molecule has 0 amide bonds. The fraction of sp³-hybridized carbons (Fsp3) is 0.226. The van der Waals surface area contributed by atoms with Gasteiger partial charge in [0.05, 0.1) is 0 Å². The summed E-state index contributed by atoms with van der Waals surface area (Å²) in [4.78, 5) is 0. The van der Waals surface area contributed by atoms with Gasteiger partial charge in [-0.05, 0) is 0 Å². The van der Waals surface area contributed by atoms with Crippen molar-refractivity contribution in [2.45, 2.75) is 38.1 Å². The van der Waals surface area contributed by atoms with Crippen LogP contribution in [0.25, 0.3) is 0 Å². The van der Waals surface area contributed by atoms with E-state index in [-0.39, 0.29) is 0 Å². The van der Waals surface area contributed by atoms with E-state index in [9.17, 15) is 0 Å². The Labute approximate surface area is 205 Å². The summed E-state index contributed by atoms with van der Waals surface area (Å²) in [5, 5.41) is 6.34. The number of benzene rings is 4. The van der Waals surface area contributed by atoms with E-state index in [0.29, 0.717) is 6.04 Å². The van der Waals surface area contributed by atoms with Gasteiger partial charge in [-0.1, -0.05) is 0 Å². The zero-order valence-electron chi connectivity index (χ0n) is 19.8. The molecule has 3 heteroatoms. The molecular formula is C31H35NP2. The molecule has 1 nitrogen and oxygen atoms in total. The monoisotopic (exact) mass is 483 g/mol. The van der Waals surface area contributed by atoms with Gasteiger partial charge in [0.2, 0.25) is 0 Å². The summed E-state index contributed by atoms with van der Waals surface area (Å²) in [7, 11) is -4.24. The van der Waals surface area contributed by atoms with Crippen molar-refractivity contribution in [2.75, 3.05) is 5.90 Å². The average Bonchev–Trinajstić information content (AvgIpc) is 2.92. The summed E-state index contributed by atoms with van der Waals surface area (Å²) in [6.45, 7) is 0. The molecule has 174 valence electrons. The Morgan fingerprint density at radius 1 is 0.441 bits per heavy atom. The van der Waals surface area contributed by atoms with Crippen molar-refractivity contribution in [3.05, 3.63) is 121 Å². The molecule has 1 aliphatic carbocycles. The van der Waals surface area contributed by atoms with Crippen LogP contribution >= 0.6 is 14.8 Å². The summed E-state index contributed by atoms with van der Waals surface area (Å²) in [6.07, 6.45) is 6.79. The molecule has 6 rings (SSSR count). The van der Waals surface area contributed by atoms with E-state index in [1.54, 1.807) is 21.2 Å². The predicted molar refractivity (Wildman–Crippen MR) is 155 cm³/mol. The maximum atomic E-state index is 3.22. The topological polar surface area (TPSA) is 3.24 Å². The number of hydrogen-bond donors (Lipinski definition) is 0. The van der Waals surface area contributed by atoms with Crippen LogP contribution in [0.4, 0.5) is 0 Å². The molecule has 0 radical (unpaired) electrons. The zero-order valence-corrected chi connectivity index (χ0v) is 21.8. The van der Waals surface area contributed by atoms with E-state index in [2.05, 4.69) is 126 Å². The van der Waals surface area contributed by atoms with Gasteiger partial charge >= 0.3 is 206 Å². The molecule has 0 bridgehead atoms. The van der Waals surface area contributed by atoms with E-state index in [1.165, 1.54) is 38.0 Å². The fourth-order valence-corrected chi connectivity index (χ4v) is 24.4. The van der Waals surface area contributed by atoms with Crippen LogP contribution < -0.4 is 21.2 Å². The van der Waals surface area contributed by atoms with Crippen LogP contribution in [0, 0.1) is 0 Å².